The summed E-state index contributed by atoms with van der Waals surface area (Å²) >= 11 is 5.76. The Balaban J connectivity index is 1.70. The number of carbonyl (C=O) groups excluding carboxylic acids is 1. The van der Waals surface area contributed by atoms with Gasteiger partial charge in [-0.15, -0.1) is 0 Å². The minimum absolute atomic E-state index is 0.143. The highest BCUT2D eigenvalue weighted by Gasteiger charge is 2.03. The molecular formula is C15H15ClFN3O. The summed E-state index contributed by atoms with van der Waals surface area (Å²) in [7, 11) is 0. The number of benzene rings is 1. The van der Waals surface area contributed by atoms with Gasteiger partial charge in [-0.05, 0) is 29.8 Å². The van der Waals surface area contributed by atoms with Gasteiger partial charge >= 0.3 is 0 Å². The van der Waals surface area contributed by atoms with E-state index in [9.17, 15) is 9.18 Å². The van der Waals surface area contributed by atoms with E-state index in [-0.39, 0.29) is 18.1 Å². The average molecular weight is 308 g/mol. The SMILES string of the molecule is O=C(Cc1cccc(F)c1)NCCNc1ccnc(Cl)c1. The van der Waals surface area contributed by atoms with Gasteiger partial charge in [-0.3, -0.25) is 4.79 Å². The first kappa shape index (κ1) is 15.3. The van der Waals surface area contributed by atoms with Crippen LogP contribution in [-0.2, 0) is 11.2 Å². The Kier molecular flexibility index (Phi) is 5.51. The summed E-state index contributed by atoms with van der Waals surface area (Å²) in [6.07, 6.45) is 1.77. The molecule has 0 unspecified atom stereocenters. The van der Waals surface area contributed by atoms with E-state index in [1.54, 1.807) is 30.5 Å². The number of pyridine rings is 1. The maximum absolute atomic E-state index is 13.0. The first-order chi connectivity index (χ1) is 10.1. The quantitative estimate of drug-likeness (QED) is 0.637. The van der Waals surface area contributed by atoms with Crippen molar-refractivity contribution in [3.8, 4) is 0 Å². The Labute approximate surface area is 127 Å². The van der Waals surface area contributed by atoms with Crippen LogP contribution in [0, 0.1) is 5.82 Å². The predicted octanol–water partition coefficient (Wildman–Crippen LogP) is 2.64. The lowest BCUT2D eigenvalue weighted by Gasteiger charge is -2.08. The maximum Gasteiger partial charge on any atom is 0.224 e. The largest absolute Gasteiger partial charge is 0.383 e. The maximum atomic E-state index is 13.0. The molecule has 0 saturated heterocycles. The summed E-state index contributed by atoms with van der Waals surface area (Å²) in [6, 6.07) is 9.52. The van der Waals surface area contributed by atoms with E-state index in [1.807, 2.05) is 0 Å². The molecule has 0 radical (unpaired) electrons. The van der Waals surface area contributed by atoms with Gasteiger partial charge in [0, 0.05) is 25.0 Å². The minimum atomic E-state index is -0.337. The molecule has 2 aromatic rings. The van der Waals surface area contributed by atoms with E-state index in [4.69, 9.17) is 11.6 Å². The number of carbonyl (C=O) groups is 1. The number of amides is 1. The Morgan fingerprint density at radius 2 is 2.10 bits per heavy atom. The molecule has 0 atom stereocenters. The minimum Gasteiger partial charge on any atom is -0.383 e. The van der Waals surface area contributed by atoms with Gasteiger partial charge in [-0.2, -0.15) is 0 Å². The van der Waals surface area contributed by atoms with Crippen molar-refractivity contribution >= 4 is 23.2 Å². The molecular weight excluding hydrogens is 293 g/mol. The van der Waals surface area contributed by atoms with Crippen LogP contribution >= 0.6 is 11.6 Å². The van der Waals surface area contributed by atoms with E-state index in [0.717, 1.165) is 5.69 Å². The molecule has 2 rings (SSSR count). The summed E-state index contributed by atoms with van der Waals surface area (Å²) < 4.78 is 13.0. The second kappa shape index (κ2) is 7.59. The Bertz CT molecular complexity index is 621. The number of anilines is 1. The number of aromatic nitrogens is 1. The second-order valence-electron chi connectivity index (χ2n) is 4.45. The van der Waals surface area contributed by atoms with Gasteiger partial charge in [0.1, 0.15) is 11.0 Å². The van der Waals surface area contributed by atoms with Gasteiger partial charge in [0.2, 0.25) is 5.91 Å². The molecule has 0 aliphatic heterocycles. The molecule has 0 aliphatic carbocycles. The summed E-state index contributed by atoms with van der Waals surface area (Å²) in [5.41, 5.74) is 1.50. The van der Waals surface area contributed by atoms with Crippen LogP contribution in [0.4, 0.5) is 10.1 Å². The van der Waals surface area contributed by atoms with Crippen molar-refractivity contribution in [1.82, 2.24) is 10.3 Å². The lowest BCUT2D eigenvalue weighted by atomic mass is 10.1. The van der Waals surface area contributed by atoms with Crippen molar-refractivity contribution in [2.75, 3.05) is 18.4 Å². The molecule has 0 spiro atoms. The van der Waals surface area contributed by atoms with E-state index in [1.165, 1.54) is 12.1 Å². The Morgan fingerprint density at radius 3 is 2.86 bits per heavy atom. The highest BCUT2D eigenvalue weighted by Crippen LogP contribution is 2.11. The van der Waals surface area contributed by atoms with E-state index >= 15 is 0 Å². The Hall–Kier alpha value is -2.14. The van der Waals surface area contributed by atoms with Crippen LogP contribution in [0.15, 0.2) is 42.6 Å². The molecule has 4 nitrogen and oxygen atoms in total. The van der Waals surface area contributed by atoms with Crippen molar-refractivity contribution in [3.05, 3.63) is 59.1 Å². The van der Waals surface area contributed by atoms with Crippen LogP contribution in [-0.4, -0.2) is 24.0 Å². The van der Waals surface area contributed by atoms with Crippen LogP contribution in [0.25, 0.3) is 0 Å². The number of halogens is 2. The first-order valence-electron chi connectivity index (χ1n) is 6.50. The van der Waals surface area contributed by atoms with E-state index in [2.05, 4.69) is 15.6 Å². The predicted molar refractivity (Wildman–Crippen MR) is 80.9 cm³/mol. The summed E-state index contributed by atoms with van der Waals surface area (Å²) in [5.74, 6) is -0.480. The molecule has 0 aliphatic rings. The van der Waals surface area contributed by atoms with Crippen LogP contribution in [0.2, 0.25) is 5.15 Å². The summed E-state index contributed by atoms with van der Waals surface area (Å²) in [4.78, 5) is 15.6. The highest BCUT2D eigenvalue weighted by molar-refractivity contribution is 6.29. The van der Waals surface area contributed by atoms with Crippen LogP contribution in [0.3, 0.4) is 0 Å². The fourth-order valence-corrected chi connectivity index (χ4v) is 1.99. The lowest BCUT2D eigenvalue weighted by molar-refractivity contribution is -0.120. The molecule has 0 fully saturated rings. The fraction of sp³-hybridized carbons (Fsp3) is 0.200. The second-order valence-corrected chi connectivity index (χ2v) is 4.84. The van der Waals surface area contributed by atoms with Crippen LogP contribution in [0.1, 0.15) is 5.56 Å². The third-order valence-electron chi connectivity index (χ3n) is 2.76. The molecule has 0 bridgehead atoms. The van der Waals surface area contributed by atoms with Crippen LogP contribution < -0.4 is 10.6 Å². The normalized spacial score (nSPS) is 10.2. The monoisotopic (exact) mass is 307 g/mol. The van der Waals surface area contributed by atoms with Gasteiger partial charge in [0.15, 0.2) is 0 Å². The van der Waals surface area contributed by atoms with Gasteiger partial charge in [0.05, 0.1) is 6.42 Å². The molecule has 1 aromatic heterocycles. The van der Waals surface area contributed by atoms with Crippen molar-refractivity contribution in [2.24, 2.45) is 0 Å². The molecule has 2 N–H and O–H groups in total. The zero-order chi connectivity index (χ0) is 15.1. The van der Waals surface area contributed by atoms with E-state index in [0.29, 0.717) is 23.8 Å². The standard InChI is InChI=1S/C15H15ClFN3O/c16-14-10-13(4-5-19-14)18-6-7-20-15(21)9-11-2-1-3-12(17)8-11/h1-5,8,10H,6-7,9H2,(H,18,19)(H,20,21). The number of nitrogens with one attached hydrogen (secondary N) is 2. The van der Waals surface area contributed by atoms with Gasteiger partial charge in [0.25, 0.3) is 0 Å². The molecule has 1 aromatic carbocycles. The van der Waals surface area contributed by atoms with Gasteiger partial charge in [-0.25, -0.2) is 9.37 Å². The molecule has 0 saturated carbocycles. The topological polar surface area (TPSA) is 54.0 Å². The summed E-state index contributed by atoms with van der Waals surface area (Å²) in [5, 5.41) is 6.29. The smallest absolute Gasteiger partial charge is 0.224 e. The number of nitrogens with zero attached hydrogens (tertiary/aromatic N) is 1. The molecule has 6 heteroatoms. The van der Waals surface area contributed by atoms with E-state index < -0.39 is 0 Å². The number of rotatable bonds is 6. The van der Waals surface area contributed by atoms with Crippen molar-refractivity contribution in [2.45, 2.75) is 6.42 Å². The molecule has 110 valence electrons. The lowest BCUT2D eigenvalue weighted by Crippen LogP contribution is -2.30. The number of hydrogen-bond donors (Lipinski definition) is 2. The Morgan fingerprint density at radius 1 is 1.24 bits per heavy atom. The third-order valence-corrected chi connectivity index (χ3v) is 2.96. The fourth-order valence-electron chi connectivity index (χ4n) is 1.82. The highest BCUT2D eigenvalue weighted by atomic mass is 35.5. The zero-order valence-corrected chi connectivity index (χ0v) is 12.0. The van der Waals surface area contributed by atoms with Crippen LogP contribution in [0.5, 0.6) is 0 Å². The average Bonchev–Trinajstić information content (AvgIpc) is 2.44. The van der Waals surface area contributed by atoms with Crippen molar-refractivity contribution in [1.29, 1.82) is 0 Å². The zero-order valence-electron chi connectivity index (χ0n) is 11.3. The molecule has 21 heavy (non-hydrogen) atoms. The first-order valence-corrected chi connectivity index (χ1v) is 6.88. The molecule has 1 amide bonds. The van der Waals surface area contributed by atoms with Crippen molar-refractivity contribution < 1.29 is 9.18 Å². The third kappa shape index (κ3) is 5.39. The molecule has 1 heterocycles. The van der Waals surface area contributed by atoms with Gasteiger partial charge in [-0.1, -0.05) is 23.7 Å². The number of hydrogen-bond acceptors (Lipinski definition) is 3. The van der Waals surface area contributed by atoms with Gasteiger partial charge < -0.3 is 10.6 Å². The van der Waals surface area contributed by atoms with Crippen molar-refractivity contribution in [3.63, 3.8) is 0 Å². The summed E-state index contributed by atoms with van der Waals surface area (Å²) in [6.45, 7) is 1.03.